The topological polar surface area (TPSA) is 38.9 Å². The Morgan fingerprint density at radius 1 is 1.40 bits per heavy atom. The highest BCUT2D eigenvalue weighted by atomic mass is 19.1. The van der Waals surface area contributed by atoms with Crippen LogP contribution in [0.25, 0.3) is 0 Å². The van der Waals surface area contributed by atoms with Crippen LogP contribution in [0.2, 0.25) is 0 Å². The first kappa shape index (κ1) is 10.6. The third-order valence-electron chi connectivity index (χ3n) is 3.35. The molecule has 1 aliphatic rings. The zero-order chi connectivity index (χ0) is 11.1. The van der Waals surface area contributed by atoms with E-state index in [1.807, 2.05) is 0 Å². The molecule has 3 heteroatoms. The molecule has 0 saturated heterocycles. The Balaban J connectivity index is 2.36. The van der Waals surface area contributed by atoms with Gasteiger partial charge in [0, 0.05) is 17.3 Å². The molecule has 2 nitrogen and oxygen atoms in total. The molecule has 1 aromatic heterocycles. The fraction of sp³-hybridized carbons (Fsp3) is 0.583. The van der Waals surface area contributed by atoms with Crippen LogP contribution in [-0.2, 0) is 5.54 Å². The van der Waals surface area contributed by atoms with E-state index in [2.05, 4.69) is 18.8 Å². The van der Waals surface area contributed by atoms with Crippen LogP contribution in [-0.4, -0.2) is 4.98 Å². The van der Waals surface area contributed by atoms with Crippen LogP contribution >= 0.6 is 0 Å². The van der Waals surface area contributed by atoms with Gasteiger partial charge in [0.15, 0.2) is 0 Å². The summed E-state index contributed by atoms with van der Waals surface area (Å²) >= 11 is 0. The maximum Gasteiger partial charge on any atom is 0.146 e. The fourth-order valence-corrected chi connectivity index (χ4v) is 2.60. The van der Waals surface area contributed by atoms with Crippen LogP contribution < -0.4 is 5.73 Å². The second kappa shape index (κ2) is 3.27. The molecule has 1 aromatic rings. The summed E-state index contributed by atoms with van der Waals surface area (Å²) in [7, 11) is 0. The molecular weight excluding hydrogens is 191 g/mol. The Hall–Kier alpha value is -0.960. The zero-order valence-corrected chi connectivity index (χ0v) is 9.26. The minimum Gasteiger partial charge on any atom is -0.321 e. The third-order valence-corrected chi connectivity index (χ3v) is 3.35. The normalized spacial score (nSPS) is 29.3. The molecule has 0 spiro atoms. The summed E-state index contributed by atoms with van der Waals surface area (Å²) in [5.74, 6) is -0.280. The van der Waals surface area contributed by atoms with Gasteiger partial charge in [0.2, 0.25) is 0 Å². The largest absolute Gasteiger partial charge is 0.321 e. The number of hydrogen-bond acceptors (Lipinski definition) is 2. The first-order chi connectivity index (χ1) is 6.93. The molecule has 0 aromatic carbocycles. The molecule has 1 aliphatic carbocycles. The SMILES string of the molecule is CC1(C)CCC(N)(c2ccncc2F)C1. The molecule has 1 unspecified atom stereocenters. The van der Waals surface area contributed by atoms with Crippen molar-refractivity contribution in [2.45, 2.75) is 38.6 Å². The predicted octanol–water partition coefficient (Wildman–Crippen LogP) is 2.58. The van der Waals surface area contributed by atoms with Crippen molar-refractivity contribution in [2.75, 3.05) is 0 Å². The predicted molar refractivity (Wildman–Crippen MR) is 57.7 cm³/mol. The van der Waals surface area contributed by atoms with E-state index in [9.17, 15) is 4.39 Å². The molecular formula is C12H17FN2. The number of aromatic nitrogens is 1. The van der Waals surface area contributed by atoms with Gasteiger partial charge in [-0.3, -0.25) is 4.98 Å². The van der Waals surface area contributed by atoms with E-state index in [0.29, 0.717) is 5.56 Å². The van der Waals surface area contributed by atoms with E-state index in [0.717, 1.165) is 19.3 Å². The summed E-state index contributed by atoms with van der Waals surface area (Å²) in [4.78, 5) is 3.75. The zero-order valence-electron chi connectivity index (χ0n) is 9.26. The number of hydrogen-bond donors (Lipinski definition) is 1. The summed E-state index contributed by atoms with van der Waals surface area (Å²) in [6.45, 7) is 4.36. The lowest BCUT2D eigenvalue weighted by Crippen LogP contribution is -2.35. The smallest absolute Gasteiger partial charge is 0.146 e. The van der Waals surface area contributed by atoms with Crippen LogP contribution in [0.5, 0.6) is 0 Å². The van der Waals surface area contributed by atoms with Gasteiger partial charge in [-0.2, -0.15) is 0 Å². The Kier molecular flexibility index (Phi) is 2.30. The monoisotopic (exact) mass is 208 g/mol. The second-order valence-electron chi connectivity index (χ2n) is 5.35. The van der Waals surface area contributed by atoms with Gasteiger partial charge in [-0.05, 0) is 30.7 Å². The van der Waals surface area contributed by atoms with E-state index in [1.54, 1.807) is 12.3 Å². The van der Waals surface area contributed by atoms with Crippen molar-refractivity contribution < 1.29 is 4.39 Å². The quantitative estimate of drug-likeness (QED) is 0.770. The van der Waals surface area contributed by atoms with Gasteiger partial charge in [-0.1, -0.05) is 13.8 Å². The van der Waals surface area contributed by atoms with E-state index < -0.39 is 5.54 Å². The lowest BCUT2D eigenvalue weighted by molar-refractivity contribution is 0.333. The first-order valence-electron chi connectivity index (χ1n) is 5.32. The number of halogens is 1. The molecule has 2 rings (SSSR count). The molecule has 0 bridgehead atoms. The Morgan fingerprint density at radius 3 is 2.67 bits per heavy atom. The van der Waals surface area contributed by atoms with Crippen LogP contribution in [0, 0.1) is 11.2 Å². The number of nitrogens with zero attached hydrogens (tertiary/aromatic N) is 1. The number of nitrogens with two attached hydrogens (primary N) is 1. The van der Waals surface area contributed by atoms with Gasteiger partial charge in [-0.25, -0.2) is 4.39 Å². The van der Waals surface area contributed by atoms with Crippen LogP contribution in [0.3, 0.4) is 0 Å². The highest BCUT2D eigenvalue weighted by Crippen LogP contribution is 2.47. The lowest BCUT2D eigenvalue weighted by Gasteiger charge is -2.27. The molecule has 82 valence electrons. The van der Waals surface area contributed by atoms with Crippen molar-refractivity contribution in [3.8, 4) is 0 Å². The maximum absolute atomic E-state index is 13.6. The van der Waals surface area contributed by atoms with Gasteiger partial charge < -0.3 is 5.73 Å². The van der Waals surface area contributed by atoms with Gasteiger partial charge in [0.25, 0.3) is 0 Å². The molecule has 0 radical (unpaired) electrons. The van der Waals surface area contributed by atoms with E-state index in [-0.39, 0.29) is 11.2 Å². The fourth-order valence-electron chi connectivity index (χ4n) is 2.60. The summed E-state index contributed by atoms with van der Waals surface area (Å²) < 4.78 is 13.6. The van der Waals surface area contributed by atoms with Crippen molar-refractivity contribution in [3.05, 3.63) is 29.8 Å². The van der Waals surface area contributed by atoms with E-state index >= 15 is 0 Å². The summed E-state index contributed by atoms with van der Waals surface area (Å²) in [5.41, 5.74) is 6.61. The van der Waals surface area contributed by atoms with Gasteiger partial charge in [0.1, 0.15) is 5.82 Å². The minimum absolute atomic E-state index is 0.213. The highest BCUT2D eigenvalue weighted by Gasteiger charge is 2.42. The molecule has 1 fully saturated rings. The average molecular weight is 208 g/mol. The summed E-state index contributed by atoms with van der Waals surface area (Å²) in [5, 5.41) is 0. The molecule has 1 heterocycles. The minimum atomic E-state index is -0.503. The number of pyridine rings is 1. The summed E-state index contributed by atoms with van der Waals surface area (Å²) in [6, 6.07) is 1.71. The van der Waals surface area contributed by atoms with Gasteiger partial charge >= 0.3 is 0 Å². The first-order valence-corrected chi connectivity index (χ1v) is 5.32. The molecule has 15 heavy (non-hydrogen) atoms. The van der Waals surface area contributed by atoms with Crippen molar-refractivity contribution in [3.63, 3.8) is 0 Å². The Morgan fingerprint density at radius 2 is 2.13 bits per heavy atom. The van der Waals surface area contributed by atoms with Crippen molar-refractivity contribution in [1.82, 2.24) is 4.98 Å². The third kappa shape index (κ3) is 1.88. The number of rotatable bonds is 1. The Labute approximate surface area is 89.7 Å². The highest BCUT2D eigenvalue weighted by molar-refractivity contribution is 5.25. The molecule has 1 saturated carbocycles. The molecule has 1 atom stereocenters. The van der Waals surface area contributed by atoms with Crippen LogP contribution in [0.1, 0.15) is 38.7 Å². The van der Waals surface area contributed by atoms with E-state index in [1.165, 1.54) is 6.20 Å². The van der Waals surface area contributed by atoms with Crippen LogP contribution in [0.15, 0.2) is 18.5 Å². The van der Waals surface area contributed by atoms with Crippen LogP contribution in [0.4, 0.5) is 4.39 Å². The molecule has 2 N–H and O–H groups in total. The summed E-state index contributed by atoms with van der Waals surface area (Å²) in [6.07, 6.45) is 5.58. The van der Waals surface area contributed by atoms with Crippen molar-refractivity contribution in [2.24, 2.45) is 11.1 Å². The lowest BCUT2D eigenvalue weighted by atomic mass is 9.84. The molecule has 0 aliphatic heterocycles. The van der Waals surface area contributed by atoms with Crippen molar-refractivity contribution >= 4 is 0 Å². The van der Waals surface area contributed by atoms with Gasteiger partial charge in [0.05, 0.1) is 6.20 Å². The molecule has 0 amide bonds. The van der Waals surface area contributed by atoms with E-state index in [4.69, 9.17) is 5.73 Å². The average Bonchev–Trinajstić information content (AvgIpc) is 2.42. The maximum atomic E-state index is 13.6. The van der Waals surface area contributed by atoms with Gasteiger partial charge in [-0.15, -0.1) is 0 Å². The van der Waals surface area contributed by atoms with Crippen molar-refractivity contribution in [1.29, 1.82) is 0 Å². The standard InChI is InChI=1S/C12H17FN2/c1-11(2)4-5-12(14,8-11)9-3-6-15-7-10(9)13/h3,6-7H,4-5,8,14H2,1-2H3. The second-order valence-corrected chi connectivity index (χ2v) is 5.35. The Bertz CT molecular complexity index is 376.